The quantitative estimate of drug-likeness (QED) is 0.891. The zero-order chi connectivity index (χ0) is 15.9. The third-order valence-corrected chi connectivity index (χ3v) is 4.51. The van der Waals surface area contributed by atoms with Gasteiger partial charge in [0.15, 0.2) is 0 Å². The Morgan fingerprint density at radius 3 is 2.13 bits per heavy atom. The van der Waals surface area contributed by atoms with Crippen molar-refractivity contribution < 1.29 is 4.79 Å². The fraction of sp³-hybridized carbons (Fsp3) is 0.350. The lowest BCUT2D eigenvalue weighted by Gasteiger charge is -2.24. The Morgan fingerprint density at radius 1 is 1.00 bits per heavy atom. The van der Waals surface area contributed by atoms with Crippen LogP contribution >= 0.6 is 0 Å². The van der Waals surface area contributed by atoms with E-state index in [1.54, 1.807) is 0 Å². The van der Waals surface area contributed by atoms with Crippen LogP contribution in [0.5, 0.6) is 0 Å². The lowest BCUT2D eigenvalue weighted by molar-refractivity contribution is -0.123. The Bertz CT molecular complexity index is 567. The van der Waals surface area contributed by atoms with Crippen molar-refractivity contribution in [3.63, 3.8) is 0 Å². The first-order valence-corrected chi connectivity index (χ1v) is 8.45. The molecule has 1 unspecified atom stereocenters. The molecule has 1 fully saturated rings. The summed E-state index contributed by atoms with van der Waals surface area (Å²) < 4.78 is 0. The van der Waals surface area contributed by atoms with E-state index in [0.29, 0.717) is 6.54 Å². The number of carbonyl (C=O) groups is 1. The molecule has 3 heteroatoms. The number of hydrogen-bond acceptors (Lipinski definition) is 2. The van der Waals surface area contributed by atoms with Crippen LogP contribution in [0.25, 0.3) is 0 Å². The molecule has 1 heterocycles. The average Bonchev–Trinajstić information content (AvgIpc) is 2.64. The molecule has 1 aliphatic heterocycles. The molecule has 2 aromatic carbocycles. The highest BCUT2D eigenvalue weighted by atomic mass is 16.2. The maximum Gasteiger partial charge on any atom is 0.237 e. The summed E-state index contributed by atoms with van der Waals surface area (Å²) in [6.45, 7) is 1.57. The molecule has 0 bridgehead atoms. The van der Waals surface area contributed by atoms with Gasteiger partial charge in [-0.25, -0.2) is 0 Å². The summed E-state index contributed by atoms with van der Waals surface area (Å²) in [5.41, 5.74) is 2.46. The molecule has 2 N–H and O–H groups in total. The fourth-order valence-corrected chi connectivity index (χ4v) is 3.20. The van der Waals surface area contributed by atoms with Gasteiger partial charge in [0.25, 0.3) is 0 Å². The Balaban J connectivity index is 1.70. The van der Waals surface area contributed by atoms with E-state index in [4.69, 9.17) is 0 Å². The molecule has 3 nitrogen and oxygen atoms in total. The molecule has 1 aliphatic rings. The Morgan fingerprint density at radius 2 is 1.61 bits per heavy atom. The third-order valence-electron chi connectivity index (χ3n) is 4.51. The Labute approximate surface area is 138 Å². The molecule has 1 saturated heterocycles. The van der Waals surface area contributed by atoms with Crippen LogP contribution in [0.15, 0.2) is 60.7 Å². The zero-order valence-corrected chi connectivity index (χ0v) is 13.4. The molecule has 0 spiro atoms. The van der Waals surface area contributed by atoms with E-state index in [2.05, 4.69) is 59.2 Å². The summed E-state index contributed by atoms with van der Waals surface area (Å²) in [6, 6.07) is 20.7. The van der Waals surface area contributed by atoms with Gasteiger partial charge >= 0.3 is 0 Å². The topological polar surface area (TPSA) is 41.1 Å². The number of piperidine rings is 1. The lowest BCUT2D eigenvalue weighted by Crippen LogP contribution is -2.47. The van der Waals surface area contributed by atoms with Gasteiger partial charge in [-0.15, -0.1) is 0 Å². The van der Waals surface area contributed by atoms with Gasteiger partial charge in [0.05, 0.1) is 6.04 Å². The van der Waals surface area contributed by atoms with Crippen molar-refractivity contribution in [1.82, 2.24) is 10.6 Å². The van der Waals surface area contributed by atoms with Crippen molar-refractivity contribution in [3.05, 3.63) is 71.8 Å². The first-order valence-electron chi connectivity index (χ1n) is 8.45. The Kier molecular flexibility index (Phi) is 5.43. The normalized spacial score (nSPS) is 17.9. The molecule has 2 aromatic rings. The van der Waals surface area contributed by atoms with Crippen LogP contribution in [-0.4, -0.2) is 25.0 Å². The highest BCUT2D eigenvalue weighted by Gasteiger charge is 2.22. The minimum atomic E-state index is -0.0315. The van der Waals surface area contributed by atoms with Crippen molar-refractivity contribution in [2.75, 3.05) is 13.1 Å². The summed E-state index contributed by atoms with van der Waals surface area (Å²) in [7, 11) is 0. The van der Waals surface area contributed by atoms with E-state index in [1.807, 2.05) is 12.1 Å². The molecule has 0 saturated carbocycles. The molecule has 120 valence electrons. The summed E-state index contributed by atoms with van der Waals surface area (Å²) in [4.78, 5) is 12.4. The van der Waals surface area contributed by atoms with Crippen LogP contribution in [0.3, 0.4) is 0 Å². The molecule has 1 amide bonds. The number of rotatable bonds is 5. The fourth-order valence-electron chi connectivity index (χ4n) is 3.20. The van der Waals surface area contributed by atoms with Gasteiger partial charge in [-0.05, 0) is 30.5 Å². The predicted molar refractivity (Wildman–Crippen MR) is 93.4 cm³/mol. The van der Waals surface area contributed by atoms with E-state index < -0.39 is 0 Å². The summed E-state index contributed by atoms with van der Waals surface area (Å²) in [5.74, 6) is 0.312. The highest BCUT2D eigenvalue weighted by molar-refractivity contribution is 5.81. The van der Waals surface area contributed by atoms with E-state index in [1.165, 1.54) is 17.5 Å². The lowest BCUT2D eigenvalue weighted by atomic mass is 9.91. The SMILES string of the molecule is O=C(NCC(c1ccccc1)c1ccccc1)C1CCCCN1. The maximum absolute atomic E-state index is 12.4. The standard InChI is InChI=1S/C20H24N2O/c23-20(19-13-7-8-14-21-19)22-15-18(16-9-3-1-4-10-16)17-11-5-2-6-12-17/h1-6,9-12,18-19,21H,7-8,13-15H2,(H,22,23). The smallest absolute Gasteiger partial charge is 0.237 e. The maximum atomic E-state index is 12.4. The number of nitrogens with one attached hydrogen (secondary N) is 2. The van der Waals surface area contributed by atoms with E-state index in [0.717, 1.165) is 19.4 Å². The number of carbonyl (C=O) groups excluding carboxylic acids is 1. The van der Waals surface area contributed by atoms with Crippen LogP contribution in [0.2, 0.25) is 0 Å². The average molecular weight is 308 g/mol. The van der Waals surface area contributed by atoms with Gasteiger partial charge in [-0.1, -0.05) is 67.1 Å². The van der Waals surface area contributed by atoms with E-state index in [-0.39, 0.29) is 17.9 Å². The molecule has 3 rings (SSSR count). The first kappa shape index (κ1) is 15.8. The van der Waals surface area contributed by atoms with Crippen molar-refractivity contribution in [2.24, 2.45) is 0 Å². The first-order chi connectivity index (χ1) is 11.3. The van der Waals surface area contributed by atoms with Gasteiger partial charge < -0.3 is 10.6 Å². The van der Waals surface area contributed by atoms with Crippen LogP contribution in [0.4, 0.5) is 0 Å². The van der Waals surface area contributed by atoms with Crippen LogP contribution in [-0.2, 0) is 4.79 Å². The number of benzene rings is 2. The molecule has 0 aromatic heterocycles. The molecular weight excluding hydrogens is 284 g/mol. The van der Waals surface area contributed by atoms with E-state index >= 15 is 0 Å². The largest absolute Gasteiger partial charge is 0.354 e. The molecular formula is C20H24N2O. The second kappa shape index (κ2) is 7.93. The molecule has 1 atom stereocenters. The second-order valence-corrected chi connectivity index (χ2v) is 6.12. The van der Waals surface area contributed by atoms with Crippen molar-refractivity contribution >= 4 is 5.91 Å². The van der Waals surface area contributed by atoms with Gasteiger partial charge in [0.1, 0.15) is 0 Å². The Hall–Kier alpha value is -2.13. The predicted octanol–water partition coefficient (Wildman–Crippen LogP) is 3.08. The van der Waals surface area contributed by atoms with Gasteiger partial charge in [-0.2, -0.15) is 0 Å². The van der Waals surface area contributed by atoms with Crippen molar-refractivity contribution in [3.8, 4) is 0 Å². The van der Waals surface area contributed by atoms with Crippen molar-refractivity contribution in [2.45, 2.75) is 31.2 Å². The monoisotopic (exact) mass is 308 g/mol. The van der Waals surface area contributed by atoms with Crippen molar-refractivity contribution in [1.29, 1.82) is 0 Å². The zero-order valence-electron chi connectivity index (χ0n) is 13.4. The molecule has 23 heavy (non-hydrogen) atoms. The van der Waals surface area contributed by atoms with Crippen LogP contribution in [0, 0.1) is 0 Å². The minimum absolute atomic E-state index is 0.0315. The van der Waals surface area contributed by atoms with E-state index in [9.17, 15) is 4.79 Å². The van der Waals surface area contributed by atoms with Crippen LogP contribution < -0.4 is 10.6 Å². The number of hydrogen-bond donors (Lipinski definition) is 2. The van der Waals surface area contributed by atoms with Crippen LogP contribution in [0.1, 0.15) is 36.3 Å². The highest BCUT2D eigenvalue weighted by Crippen LogP contribution is 2.23. The second-order valence-electron chi connectivity index (χ2n) is 6.12. The number of amides is 1. The summed E-state index contributed by atoms with van der Waals surface area (Å²) in [5, 5.41) is 6.46. The van der Waals surface area contributed by atoms with Gasteiger partial charge in [-0.3, -0.25) is 4.79 Å². The molecule has 0 aliphatic carbocycles. The van der Waals surface area contributed by atoms with Gasteiger partial charge in [0, 0.05) is 12.5 Å². The summed E-state index contributed by atoms with van der Waals surface area (Å²) in [6.07, 6.45) is 3.24. The van der Waals surface area contributed by atoms with Gasteiger partial charge in [0.2, 0.25) is 5.91 Å². The minimum Gasteiger partial charge on any atom is -0.354 e. The molecule has 0 radical (unpaired) electrons. The summed E-state index contributed by atoms with van der Waals surface area (Å²) >= 11 is 0. The third kappa shape index (κ3) is 4.20.